The largest absolute Gasteiger partial charge is 0.435 e. The van der Waals surface area contributed by atoms with Gasteiger partial charge in [-0.25, -0.2) is 4.98 Å². The molecular weight excluding hydrogens is 314 g/mol. The lowest BCUT2D eigenvalue weighted by atomic mass is 9.95. The number of likely N-dealkylation sites (tertiary alicyclic amines) is 1. The molecule has 2 atom stereocenters. The van der Waals surface area contributed by atoms with Gasteiger partial charge in [-0.1, -0.05) is 12.1 Å². The fourth-order valence-electron chi connectivity index (χ4n) is 3.33. The van der Waals surface area contributed by atoms with Crippen molar-refractivity contribution >= 4 is 0 Å². The molecule has 1 aliphatic heterocycles. The number of halogens is 2. The van der Waals surface area contributed by atoms with Crippen LogP contribution in [0.2, 0.25) is 0 Å². The highest BCUT2D eigenvalue weighted by molar-refractivity contribution is 5.29. The Labute approximate surface area is 140 Å². The van der Waals surface area contributed by atoms with E-state index >= 15 is 0 Å². The monoisotopic (exact) mass is 336 g/mol. The van der Waals surface area contributed by atoms with Crippen molar-refractivity contribution in [3.8, 4) is 5.75 Å². The molecule has 5 nitrogen and oxygen atoms in total. The van der Waals surface area contributed by atoms with Crippen LogP contribution in [0.1, 0.15) is 31.4 Å². The fourth-order valence-corrected chi connectivity index (χ4v) is 3.33. The molecule has 1 aliphatic rings. The van der Waals surface area contributed by atoms with Gasteiger partial charge >= 0.3 is 6.61 Å². The minimum absolute atomic E-state index is 0.198. The van der Waals surface area contributed by atoms with Crippen LogP contribution in [-0.2, 0) is 6.54 Å². The summed E-state index contributed by atoms with van der Waals surface area (Å²) >= 11 is 0. The van der Waals surface area contributed by atoms with E-state index in [0.717, 1.165) is 31.6 Å². The van der Waals surface area contributed by atoms with Gasteiger partial charge in [0.1, 0.15) is 18.4 Å². The molecule has 0 N–H and O–H groups in total. The van der Waals surface area contributed by atoms with Crippen LogP contribution < -0.4 is 4.74 Å². The first-order chi connectivity index (χ1) is 11.6. The molecule has 0 radical (unpaired) electrons. The Hall–Kier alpha value is -2.02. The van der Waals surface area contributed by atoms with Crippen molar-refractivity contribution in [1.82, 2.24) is 19.7 Å². The van der Waals surface area contributed by atoms with E-state index in [1.165, 1.54) is 6.42 Å². The van der Waals surface area contributed by atoms with Crippen molar-refractivity contribution in [2.24, 2.45) is 5.92 Å². The predicted molar refractivity (Wildman–Crippen MR) is 85.8 cm³/mol. The molecule has 3 rings (SSSR count). The van der Waals surface area contributed by atoms with Gasteiger partial charge in [0.15, 0.2) is 0 Å². The van der Waals surface area contributed by atoms with Gasteiger partial charge in [0, 0.05) is 19.1 Å². The number of hydrogen-bond donors (Lipinski definition) is 0. The molecule has 24 heavy (non-hydrogen) atoms. The highest BCUT2D eigenvalue weighted by Crippen LogP contribution is 2.28. The molecule has 0 amide bonds. The smallest absolute Gasteiger partial charge is 0.387 e. The first kappa shape index (κ1) is 16.8. The number of aromatic nitrogens is 3. The molecule has 7 heteroatoms. The van der Waals surface area contributed by atoms with Crippen LogP contribution in [-0.4, -0.2) is 39.4 Å². The molecule has 0 saturated carbocycles. The zero-order valence-electron chi connectivity index (χ0n) is 13.7. The van der Waals surface area contributed by atoms with E-state index in [9.17, 15) is 8.78 Å². The second-order valence-corrected chi connectivity index (χ2v) is 6.24. The Morgan fingerprint density at radius 2 is 2.08 bits per heavy atom. The Kier molecular flexibility index (Phi) is 5.40. The highest BCUT2D eigenvalue weighted by atomic mass is 19.3. The van der Waals surface area contributed by atoms with Crippen LogP contribution in [0.15, 0.2) is 36.9 Å². The third-order valence-corrected chi connectivity index (χ3v) is 4.60. The molecule has 2 heterocycles. The van der Waals surface area contributed by atoms with Crippen molar-refractivity contribution in [1.29, 1.82) is 0 Å². The Morgan fingerprint density at radius 3 is 2.75 bits per heavy atom. The minimum Gasteiger partial charge on any atom is -0.435 e. The molecule has 1 aromatic carbocycles. The summed E-state index contributed by atoms with van der Waals surface area (Å²) in [7, 11) is 0. The maximum Gasteiger partial charge on any atom is 0.387 e. The van der Waals surface area contributed by atoms with Crippen molar-refractivity contribution in [3.05, 3.63) is 42.5 Å². The van der Waals surface area contributed by atoms with Gasteiger partial charge < -0.3 is 4.74 Å². The number of ether oxygens (including phenoxy) is 1. The molecular formula is C17H22F2N4O. The summed E-state index contributed by atoms with van der Waals surface area (Å²) in [5.74, 6) is 0.744. The lowest BCUT2D eigenvalue weighted by Gasteiger charge is -2.37. The molecule has 0 bridgehead atoms. The molecule has 0 spiro atoms. The van der Waals surface area contributed by atoms with E-state index in [1.54, 1.807) is 24.8 Å². The van der Waals surface area contributed by atoms with Crippen LogP contribution in [0.25, 0.3) is 0 Å². The van der Waals surface area contributed by atoms with E-state index in [4.69, 9.17) is 0 Å². The summed E-state index contributed by atoms with van der Waals surface area (Å²) in [5, 5.41) is 4.18. The SMILES string of the molecule is CC(c1ccc(OC(F)F)cc1)N1CCCC(Cn2cncn2)C1. The standard InChI is InChI=1S/C17H22F2N4O/c1-13(15-4-6-16(7-5-15)24-17(18)19)22-8-2-3-14(9-22)10-23-12-20-11-21-23/h4-7,11-14,17H,2-3,8-10H2,1H3. The maximum atomic E-state index is 12.2. The van der Waals surface area contributed by atoms with Gasteiger partial charge in [-0.2, -0.15) is 13.9 Å². The average Bonchev–Trinajstić information content (AvgIpc) is 3.07. The molecule has 2 aromatic rings. The quantitative estimate of drug-likeness (QED) is 0.811. The second kappa shape index (κ2) is 7.70. The van der Waals surface area contributed by atoms with Gasteiger partial charge in [-0.15, -0.1) is 0 Å². The number of nitrogens with zero attached hydrogens (tertiary/aromatic N) is 4. The van der Waals surface area contributed by atoms with Gasteiger partial charge in [0.25, 0.3) is 0 Å². The second-order valence-electron chi connectivity index (χ2n) is 6.24. The van der Waals surface area contributed by atoms with Crippen LogP contribution in [0.4, 0.5) is 8.78 Å². The first-order valence-electron chi connectivity index (χ1n) is 8.23. The van der Waals surface area contributed by atoms with E-state index in [-0.39, 0.29) is 11.8 Å². The number of piperidine rings is 1. The Balaban J connectivity index is 1.60. The lowest BCUT2D eigenvalue weighted by molar-refractivity contribution is -0.0498. The summed E-state index contributed by atoms with van der Waals surface area (Å²) < 4.78 is 30.7. The third kappa shape index (κ3) is 4.29. The minimum atomic E-state index is -2.78. The average molecular weight is 336 g/mol. The number of alkyl halides is 2. The number of hydrogen-bond acceptors (Lipinski definition) is 4. The van der Waals surface area contributed by atoms with Crippen LogP contribution >= 0.6 is 0 Å². The zero-order chi connectivity index (χ0) is 16.9. The normalized spacial score (nSPS) is 20.2. The van der Waals surface area contributed by atoms with E-state index in [0.29, 0.717) is 5.92 Å². The van der Waals surface area contributed by atoms with E-state index in [1.807, 2.05) is 16.8 Å². The van der Waals surface area contributed by atoms with Crippen LogP contribution in [0, 0.1) is 5.92 Å². The van der Waals surface area contributed by atoms with Gasteiger partial charge in [0.2, 0.25) is 0 Å². The van der Waals surface area contributed by atoms with Crippen molar-refractivity contribution in [2.75, 3.05) is 13.1 Å². The van der Waals surface area contributed by atoms with Gasteiger partial charge in [0.05, 0.1) is 0 Å². The predicted octanol–water partition coefficient (Wildman–Crippen LogP) is 3.35. The fraction of sp³-hybridized carbons (Fsp3) is 0.529. The maximum absolute atomic E-state index is 12.2. The summed E-state index contributed by atoms with van der Waals surface area (Å²) in [6, 6.07) is 7.18. The van der Waals surface area contributed by atoms with Crippen molar-refractivity contribution in [2.45, 2.75) is 39.0 Å². The number of benzene rings is 1. The molecule has 0 aliphatic carbocycles. The highest BCUT2D eigenvalue weighted by Gasteiger charge is 2.24. The first-order valence-corrected chi connectivity index (χ1v) is 8.23. The lowest BCUT2D eigenvalue weighted by Crippen LogP contribution is -2.38. The van der Waals surface area contributed by atoms with Gasteiger partial charge in [-0.3, -0.25) is 9.58 Å². The molecule has 1 saturated heterocycles. The molecule has 1 aromatic heterocycles. The topological polar surface area (TPSA) is 43.2 Å². The Morgan fingerprint density at radius 1 is 1.29 bits per heavy atom. The van der Waals surface area contributed by atoms with Crippen LogP contribution in [0.5, 0.6) is 5.75 Å². The van der Waals surface area contributed by atoms with Crippen molar-refractivity contribution in [3.63, 3.8) is 0 Å². The zero-order valence-corrected chi connectivity index (χ0v) is 13.7. The van der Waals surface area contributed by atoms with E-state index in [2.05, 4.69) is 26.6 Å². The molecule has 2 unspecified atom stereocenters. The summed E-state index contributed by atoms with van der Waals surface area (Å²) in [5.41, 5.74) is 1.11. The summed E-state index contributed by atoms with van der Waals surface area (Å²) in [4.78, 5) is 6.43. The summed E-state index contributed by atoms with van der Waals surface area (Å²) in [6.45, 7) is 2.29. The van der Waals surface area contributed by atoms with E-state index < -0.39 is 6.61 Å². The summed E-state index contributed by atoms with van der Waals surface area (Å²) in [6.07, 6.45) is 5.65. The number of rotatable bonds is 6. The van der Waals surface area contributed by atoms with Crippen molar-refractivity contribution < 1.29 is 13.5 Å². The van der Waals surface area contributed by atoms with Crippen LogP contribution in [0.3, 0.4) is 0 Å². The molecule has 1 fully saturated rings. The molecule has 130 valence electrons. The third-order valence-electron chi connectivity index (χ3n) is 4.60. The Bertz CT molecular complexity index is 618. The van der Waals surface area contributed by atoms with Gasteiger partial charge in [-0.05, 0) is 49.9 Å².